The van der Waals surface area contributed by atoms with Crippen LogP contribution >= 0.6 is 11.8 Å². The fourth-order valence-corrected chi connectivity index (χ4v) is 4.59. The van der Waals surface area contributed by atoms with E-state index in [1.54, 1.807) is 0 Å². The number of carbonyl (C=O) groups excluding carboxylic acids is 1. The first-order valence-corrected chi connectivity index (χ1v) is 10.0. The van der Waals surface area contributed by atoms with E-state index in [0.717, 1.165) is 30.7 Å². The van der Waals surface area contributed by atoms with Gasteiger partial charge in [-0.05, 0) is 37.8 Å². The summed E-state index contributed by atoms with van der Waals surface area (Å²) in [4.78, 5) is 17.4. The molecule has 2 fully saturated rings. The summed E-state index contributed by atoms with van der Waals surface area (Å²) >= 11 is 1.45. The van der Waals surface area contributed by atoms with E-state index >= 15 is 0 Å². The molecule has 2 heterocycles. The van der Waals surface area contributed by atoms with Crippen molar-refractivity contribution < 1.29 is 4.79 Å². The lowest BCUT2D eigenvalue weighted by Crippen LogP contribution is -2.49. The predicted octanol–water partition coefficient (Wildman–Crippen LogP) is 3.99. The second kappa shape index (κ2) is 8.32. The first kappa shape index (κ1) is 17.0. The first-order chi connectivity index (χ1) is 11.3. The zero-order valence-electron chi connectivity index (χ0n) is 14.2. The van der Waals surface area contributed by atoms with E-state index in [1.807, 2.05) is 12.1 Å². The minimum absolute atomic E-state index is 0.213. The van der Waals surface area contributed by atoms with Gasteiger partial charge in [-0.3, -0.25) is 14.6 Å². The zero-order chi connectivity index (χ0) is 16.1. The van der Waals surface area contributed by atoms with Gasteiger partial charge in [0, 0.05) is 31.0 Å². The third-order valence-electron chi connectivity index (χ3n) is 4.95. The van der Waals surface area contributed by atoms with Gasteiger partial charge >= 0.3 is 0 Å². The highest BCUT2D eigenvalue weighted by Crippen LogP contribution is 2.26. The monoisotopic (exact) mass is 332 g/mol. The number of carbonyl (C=O) groups is 1. The normalized spacial score (nSPS) is 22.2. The van der Waals surface area contributed by atoms with Crippen LogP contribution in [-0.4, -0.2) is 46.5 Å². The topological polar surface area (TPSA) is 23.6 Å². The molecule has 1 aromatic rings. The molecule has 0 radical (unpaired) electrons. The Bertz CT molecular complexity index is 517. The Kier molecular flexibility index (Phi) is 6.15. The largest absolute Gasteiger partial charge is 0.288 e. The summed E-state index contributed by atoms with van der Waals surface area (Å²) in [5.74, 6) is 0.933. The van der Waals surface area contributed by atoms with Crippen LogP contribution in [0.4, 0.5) is 0 Å². The van der Waals surface area contributed by atoms with E-state index in [1.165, 1.54) is 56.2 Å². The van der Waals surface area contributed by atoms with Gasteiger partial charge in [0.15, 0.2) is 0 Å². The molecule has 4 heteroatoms. The number of thioether (sulfide) groups is 1. The maximum atomic E-state index is 12.1. The number of unbranched alkanes of at least 4 members (excludes halogenated alkanes) is 1. The van der Waals surface area contributed by atoms with E-state index in [9.17, 15) is 4.79 Å². The molecule has 126 valence electrons. The van der Waals surface area contributed by atoms with Crippen molar-refractivity contribution in [1.29, 1.82) is 0 Å². The second-order valence-electron chi connectivity index (χ2n) is 6.67. The molecule has 3 rings (SSSR count). The Morgan fingerprint density at radius 1 is 1.17 bits per heavy atom. The van der Waals surface area contributed by atoms with E-state index in [0.29, 0.717) is 6.17 Å². The number of hydrogen-bond acceptors (Lipinski definition) is 4. The van der Waals surface area contributed by atoms with Crippen LogP contribution in [0.5, 0.6) is 0 Å². The summed E-state index contributed by atoms with van der Waals surface area (Å²) in [6.07, 6.45) is 6.83. The molecule has 1 atom stereocenters. The van der Waals surface area contributed by atoms with Crippen molar-refractivity contribution in [2.24, 2.45) is 0 Å². The molecule has 0 amide bonds. The summed E-state index contributed by atoms with van der Waals surface area (Å²) in [7, 11) is 0. The molecule has 0 aromatic heterocycles. The number of benzene rings is 1. The number of rotatable bonds is 6. The van der Waals surface area contributed by atoms with Crippen molar-refractivity contribution in [3.63, 3.8) is 0 Å². The Morgan fingerprint density at radius 3 is 2.74 bits per heavy atom. The molecule has 0 saturated carbocycles. The summed E-state index contributed by atoms with van der Waals surface area (Å²) in [6, 6.07) is 8.29. The highest BCUT2D eigenvalue weighted by Gasteiger charge is 2.32. The Balaban J connectivity index is 1.56. The molecular weight excluding hydrogens is 304 g/mol. The molecule has 1 aromatic carbocycles. The van der Waals surface area contributed by atoms with Gasteiger partial charge in [0.05, 0.1) is 6.17 Å². The lowest BCUT2D eigenvalue weighted by Gasteiger charge is -2.40. The quantitative estimate of drug-likeness (QED) is 0.735. The van der Waals surface area contributed by atoms with E-state index < -0.39 is 0 Å². The van der Waals surface area contributed by atoms with Gasteiger partial charge in [-0.1, -0.05) is 49.4 Å². The highest BCUT2D eigenvalue weighted by atomic mass is 32.2. The van der Waals surface area contributed by atoms with Crippen LogP contribution in [0.15, 0.2) is 24.3 Å². The minimum Gasteiger partial charge on any atom is -0.288 e. The van der Waals surface area contributed by atoms with Gasteiger partial charge in [-0.15, -0.1) is 0 Å². The summed E-state index contributed by atoms with van der Waals surface area (Å²) in [5.41, 5.74) is 2.17. The van der Waals surface area contributed by atoms with Gasteiger partial charge in [0.25, 0.3) is 0 Å². The summed E-state index contributed by atoms with van der Waals surface area (Å²) in [5, 5.41) is 0.213. The molecule has 0 bridgehead atoms. The van der Waals surface area contributed by atoms with Gasteiger partial charge in [0.2, 0.25) is 5.12 Å². The van der Waals surface area contributed by atoms with Crippen molar-refractivity contribution in [1.82, 2.24) is 9.80 Å². The molecule has 0 aliphatic carbocycles. The van der Waals surface area contributed by atoms with Crippen molar-refractivity contribution in [3.8, 4) is 0 Å². The predicted molar refractivity (Wildman–Crippen MR) is 97.8 cm³/mol. The fourth-order valence-electron chi connectivity index (χ4n) is 3.67. The van der Waals surface area contributed by atoms with Crippen molar-refractivity contribution in [2.75, 3.05) is 25.4 Å². The van der Waals surface area contributed by atoms with Crippen LogP contribution in [0.1, 0.15) is 54.9 Å². The average Bonchev–Trinajstić information content (AvgIpc) is 3.05. The summed E-state index contributed by atoms with van der Waals surface area (Å²) < 4.78 is 0. The van der Waals surface area contributed by atoms with Crippen LogP contribution in [0.25, 0.3) is 0 Å². The van der Waals surface area contributed by atoms with Crippen molar-refractivity contribution in [3.05, 3.63) is 35.4 Å². The maximum Gasteiger partial charge on any atom is 0.219 e. The smallest absolute Gasteiger partial charge is 0.219 e. The molecule has 2 saturated heterocycles. The third-order valence-corrected chi connectivity index (χ3v) is 5.94. The second-order valence-corrected chi connectivity index (χ2v) is 7.74. The van der Waals surface area contributed by atoms with Gasteiger partial charge in [-0.2, -0.15) is 0 Å². The molecule has 1 unspecified atom stereocenters. The number of nitrogens with zero attached hydrogens (tertiary/aromatic N) is 2. The zero-order valence-corrected chi connectivity index (χ0v) is 15.0. The van der Waals surface area contributed by atoms with Crippen molar-refractivity contribution in [2.45, 2.75) is 51.7 Å². The van der Waals surface area contributed by atoms with Crippen LogP contribution in [0.3, 0.4) is 0 Å². The molecule has 0 spiro atoms. The van der Waals surface area contributed by atoms with Gasteiger partial charge in [0.1, 0.15) is 0 Å². The molecular formula is C19H28N2OS. The minimum atomic E-state index is 0.213. The Morgan fingerprint density at radius 2 is 1.96 bits per heavy atom. The van der Waals surface area contributed by atoms with Crippen LogP contribution < -0.4 is 0 Å². The lowest BCUT2D eigenvalue weighted by atomic mass is 10.1. The van der Waals surface area contributed by atoms with E-state index in [2.05, 4.69) is 28.9 Å². The SMILES string of the molecule is CCCCSC(=O)c1ccc(CN2CCCN3CCCC32)cc1. The van der Waals surface area contributed by atoms with Gasteiger partial charge < -0.3 is 0 Å². The molecule has 3 nitrogen and oxygen atoms in total. The van der Waals surface area contributed by atoms with Crippen molar-refractivity contribution >= 4 is 16.9 Å². The number of fused-ring (bicyclic) bond motifs is 1. The highest BCUT2D eigenvalue weighted by molar-refractivity contribution is 8.14. The molecule has 2 aliphatic rings. The molecule has 23 heavy (non-hydrogen) atoms. The number of hydrogen-bond donors (Lipinski definition) is 0. The Labute approximate surface area is 144 Å². The molecule has 2 aliphatic heterocycles. The lowest BCUT2D eigenvalue weighted by molar-refractivity contribution is 0.0287. The Hall–Kier alpha value is -0.840. The first-order valence-electron chi connectivity index (χ1n) is 9.02. The van der Waals surface area contributed by atoms with Crippen LogP contribution in [0.2, 0.25) is 0 Å². The van der Waals surface area contributed by atoms with E-state index in [4.69, 9.17) is 0 Å². The molecule has 0 N–H and O–H groups in total. The van der Waals surface area contributed by atoms with Crippen LogP contribution in [-0.2, 0) is 6.54 Å². The summed E-state index contributed by atoms with van der Waals surface area (Å²) in [6.45, 7) is 6.91. The van der Waals surface area contributed by atoms with Crippen LogP contribution in [0, 0.1) is 0 Å². The standard InChI is InChI=1S/C19H28N2OS/c1-2-3-14-23-19(22)17-9-7-16(8-10-17)15-21-13-5-12-20-11-4-6-18(20)21/h7-10,18H,2-6,11-15H2,1H3. The third kappa shape index (κ3) is 4.37. The average molecular weight is 333 g/mol. The maximum absolute atomic E-state index is 12.1. The fraction of sp³-hybridized carbons (Fsp3) is 0.632. The van der Waals surface area contributed by atoms with Gasteiger partial charge in [-0.25, -0.2) is 0 Å². The van der Waals surface area contributed by atoms with E-state index in [-0.39, 0.29) is 5.12 Å².